The zero-order chi connectivity index (χ0) is 14.3. The number of aryl methyl sites for hydroxylation is 2. The highest BCUT2D eigenvalue weighted by atomic mass is 32.1. The molecule has 2 aromatic heterocycles. The van der Waals surface area contributed by atoms with Crippen molar-refractivity contribution in [3.63, 3.8) is 0 Å². The van der Waals surface area contributed by atoms with Gasteiger partial charge in [0.15, 0.2) is 5.13 Å². The summed E-state index contributed by atoms with van der Waals surface area (Å²) in [6.07, 6.45) is 6.74. The van der Waals surface area contributed by atoms with Crippen molar-refractivity contribution in [2.45, 2.75) is 58.9 Å². The van der Waals surface area contributed by atoms with E-state index in [-0.39, 0.29) is 0 Å². The van der Waals surface area contributed by atoms with Crippen LogP contribution in [0.15, 0.2) is 6.07 Å². The van der Waals surface area contributed by atoms with Crippen molar-refractivity contribution in [1.29, 1.82) is 0 Å². The Bertz CT molecular complexity index is 618. The second-order valence-corrected chi connectivity index (χ2v) is 7.14. The maximum absolute atomic E-state index is 5.86. The van der Waals surface area contributed by atoms with Crippen molar-refractivity contribution in [3.05, 3.63) is 22.3 Å². The summed E-state index contributed by atoms with van der Waals surface area (Å²) >= 11 is 1.58. The van der Waals surface area contributed by atoms with Crippen LogP contribution < -0.4 is 5.73 Å². The minimum atomic E-state index is 0.667. The van der Waals surface area contributed by atoms with Gasteiger partial charge in [-0.3, -0.25) is 0 Å². The van der Waals surface area contributed by atoms with Crippen molar-refractivity contribution in [2.75, 3.05) is 5.73 Å². The van der Waals surface area contributed by atoms with E-state index in [2.05, 4.69) is 36.4 Å². The maximum atomic E-state index is 5.86. The molecule has 0 radical (unpaired) electrons. The first kappa shape index (κ1) is 13.7. The smallest absolute Gasteiger partial charge is 0.180 e. The lowest BCUT2D eigenvalue weighted by molar-refractivity contribution is 0.346. The SMILES string of the molecule is Cc1sc(N)nc1-c1cc(C)n(C2CCCCC2)c1C. The first-order valence-corrected chi connectivity index (χ1v) is 8.31. The molecular weight excluding hydrogens is 266 g/mol. The second kappa shape index (κ2) is 5.24. The average Bonchev–Trinajstić information content (AvgIpc) is 2.90. The Kier molecular flexibility index (Phi) is 3.59. The Hall–Kier alpha value is -1.29. The maximum Gasteiger partial charge on any atom is 0.180 e. The van der Waals surface area contributed by atoms with Gasteiger partial charge >= 0.3 is 0 Å². The second-order valence-electron chi connectivity index (χ2n) is 5.90. The standard InChI is InChI=1S/C16H23N3S/c1-10-9-14(15-12(3)20-16(17)18-15)11(2)19(10)13-7-5-4-6-8-13/h9,13H,4-8H2,1-3H3,(H2,17,18). The molecule has 0 bridgehead atoms. The predicted octanol–water partition coefficient (Wildman–Crippen LogP) is 4.62. The van der Waals surface area contributed by atoms with E-state index in [9.17, 15) is 0 Å². The summed E-state index contributed by atoms with van der Waals surface area (Å²) < 4.78 is 2.53. The van der Waals surface area contributed by atoms with E-state index in [1.807, 2.05) is 0 Å². The minimum Gasteiger partial charge on any atom is -0.375 e. The topological polar surface area (TPSA) is 43.8 Å². The quantitative estimate of drug-likeness (QED) is 0.876. The van der Waals surface area contributed by atoms with Gasteiger partial charge in [0.1, 0.15) is 0 Å². The first-order valence-electron chi connectivity index (χ1n) is 7.49. The fourth-order valence-electron chi connectivity index (χ4n) is 3.58. The number of nitrogens with two attached hydrogens (primary N) is 1. The first-order chi connectivity index (χ1) is 9.58. The summed E-state index contributed by atoms with van der Waals surface area (Å²) in [5.74, 6) is 0. The molecule has 2 N–H and O–H groups in total. The predicted molar refractivity (Wildman–Crippen MR) is 86.3 cm³/mol. The van der Waals surface area contributed by atoms with Gasteiger partial charge in [-0.15, -0.1) is 11.3 Å². The minimum absolute atomic E-state index is 0.667. The van der Waals surface area contributed by atoms with Gasteiger partial charge in [0, 0.05) is 27.9 Å². The zero-order valence-corrected chi connectivity index (χ0v) is 13.4. The summed E-state index contributed by atoms with van der Waals surface area (Å²) in [5.41, 5.74) is 10.9. The van der Waals surface area contributed by atoms with E-state index < -0.39 is 0 Å². The van der Waals surface area contributed by atoms with Gasteiger partial charge in [-0.25, -0.2) is 4.98 Å². The number of nitrogen functional groups attached to an aromatic ring is 1. The number of hydrogen-bond donors (Lipinski definition) is 1. The Morgan fingerprint density at radius 1 is 1.20 bits per heavy atom. The van der Waals surface area contributed by atoms with Gasteiger partial charge in [-0.05, 0) is 39.7 Å². The molecule has 2 aromatic rings. The lowest BCUT2D eigenvalue weighted by Gasteiger charge is -2.26. The number of thiazole rings is 1. The molecule has 108 valence electrons. The fourth-order valence-corrected chi connectivity index (χ4v) is 4.29. The van der Waals surface area contributed by atoms with Crippen LogP contribution in [0.1, 0.15) is 54.4 Å². The highest BCUT2D eigenvalue weighted by molar-refractivity contribution is 7.15. The van der Waals surface area contributed by atoms with Crippen LogP contribution in [0.5, 0.6) is 0 Å². The molecule has 2 heterocycles. The van der Waals surface area contributed by atoms with Crippen LogP contribution in [0.4, 0.5) is 5.13 Å². The molecule has 1 saturated carbocycles. The van der Waals surface area contributed by atoms with Gasteiger partial charge < -0.3 is 10.3 Å². The van der Waals surface area contributed by atoms with E-state index in [0.717, 1.165) is 5.69 Å². The normalized spacial score (nSPS) is 16.8. The zero-order valence-electron chi connectivity index (χ0n) is 12.6. The molecule has 0 spiro atoms. The Morgan fingerprint density at radius 2 is 1.90 bits per heavy atom. The summed E-state index contributed by atoms with van der Waals surface area (Å²) in [6.45, 7) is 6.55. The van der Waals surface area contributed by atoms with E-state index in [0.29, 0.717) is 11.2 Å². The summed E-state index contributed by atoms with van der Waals surface area (Å²) in [5, 5.41) is 0.667. The molecule has 20 heavy (non-hydrogen) atoms. The number of anilines is 1. The Balaban J connectivity index is 2.04. The van der Waals surface area contributed by atoms with E-state index in [4.69, 9.17) is 5.73 Å². The monoisotopic (exact) mass is 289 g/mol. The third kappa shape index (κ3) is 2.26. The largest absolute Gasteiger partial charge is 0.375 e. The molecule has 1 aliphatic rings. The van der Waals surface area contributed by atoms with Crippen LogP contribution in [-0.4, -0.2) is 9.55 Å². The third-order valence-electron chi connectivity index (χ3n) is 4.49. The summed E-state index contributed by atoms with van der Waals surface area (Å²) in [4.78, 5) is 5.74. The molecule has 0 unspecified atom stereocenters. The van der Waals surface area contributed by atoms with Crippen molar-refractivity contribution < 1.29 is 0 Å². The Morgan fingerprint density at radius 3 is 2.50 bits per heavy atom. The van der Waals surface area contributed by atoms with Gasteiger partial charge in [-0.1, -0.05) is 19.3 Å². The summed E-state index contributed by atoms with van der Waals surface area (Å²) in [7, 11) is 0. The van der Waals surface area contributed by atoms with Crippen molar-refractivity contribution in [1.82, 2.24) is 9.55 Å². The van der Waals surface area contributed by atoms with Crippen LogP contribution in [-0.2, 0) is 0 Å². The van der Waals surface area contributed by atoms with Crippen molar-refractivity contribution >= 4 is 16.5 Å². The average molecular weight is 289 g/mol. The molecule has 0 aliphatic heterocycles. The molecule has 0 aromatic carbocycles. The van der Waals surface area contributed by atoms with Gasteiger partial charge in [0.2, 0.25) is 0 Å². The molecule has 0 saturated heterocycles. The van der Waals surface area contributed by atoms with E-state index in [1.54, 1.807) is 11.3 Å². The highest BCUT2D eigenvalue weighted by Gasteiger charge is 2.22. The lowest BCUT2D eigenvalue weighted by atomic mass is 9.95. The highest BCUT2D eigenvalue weighted by Crippen LogP contribution is 2.37. The number of aromatic nitrogens is 2. The van der Waals surface area contributed by atoms with Crippen molar-refractivity contribution in [3.8, 4) is 11.3 Å². The number of rotatable bonds is 2. The third-order valence-corrected chi connectivity index (χ3v) is 5.29. The fraction of sp³-hybridized carbons (Fsp3) is 0.562. The van der Waals surface area contributed by atoms with Crippen LogP contribution in [0.2, 0.25) is 0 Å². The van der Waals surface area contributed by atoms with Gasteiger partial charge in [-0.2, -0.15) is 0 Å². The molecular formula is C16H23N3S. The van der Waals surface area contributed by atoms with E-state index >= 15 is 0 Å². The summed E-state index contributed by atoms with van der Waals surface area (Å²) in [6, 6.07) is 2.96. The molecule has 4 heteroatoms. The van der Waals surface area contributed by atoms with Gasteiger partial charge in [0.05, 0.1) is 5.69 Å². The molecule has 1 aliphatic carbocycles. The molecule has 3 rings (SSSR count). The lowest BCUT2D eigenvalue weighted by Crippen LogP contribution is -2.15. The van der Waals surface area contributed by atoms with Crippen LogP contribution in [0, 0.1) is 20.8 Å². The van der Waals surface area contributed by atoms with Crippen molar-refractivity contribution in [2.24, 2.45) is 0 Å². The number of nitrogens with zero attached hydrogens (tertiary/aromatic N) is 2. The molecule has 0 amide bonds. The number of hydrogen-bond acceptors (Lipinski definition) is 3. The van der Waals surface area contributed by atoms with E-state index in [1.165, 1.54) is 53.9 Å². The molecule has 0 atom stereocenters. The van der Waals surface area contributed by atoms with Crippen LogP contribution in [0.3, 0.4) is 0 Å². The van der Waals surface area contributed by atoms with Gasteiger partial charge in [0.25, 0.3) is 0 Å². The molecule has 3 nitrogen and oxygen atoms in total. The Labute approximate surface area is 124 Å². The van der Waals surface area contributed by atoms with Crippen LogP contribution >= 0.6 is 11.3 Å². The van der Waals surface area contributed by atoms with Crippen LogP contribution in [0.25, 0.3) is 11.3 Å². The molecule has 1 fully saturated rings.